The molecule has 0 radical (unpaired) electrons. The van der Waals surface area contributed by atoms with Crippen LogP contribution in [-0.2, 0) is 0 Å². The van der Waals surface area contributed by atoms with E-state index in [0.29, 0.717) is 29.1 Å². The zero-order valence-corrected chi connectivity index (χ0v) is 26.8. The lowest BCUT2D eigenvalue weighted by Gasteiger charge is -2.73. The molecule has 2 N–H and O–H groups in total. The number of hydrogen-bond acceptors (Lipinski definition) is 2. The molecule has 5 saturated carbocycles. The number of fused-ring (bicyclic) bond motifs is 3. The Labute approximate surface area is 236 Å². The van der Waals surface area contributed by atoms with Gasteiger partial charge in [0.1, 0.15) is 0 Å². The second kappa shape index (κ2) is 10.0. The van der Waals surface area contributed by atoms with Crippen LogP contribution in [0, 0.1) is 87.3 Å². The Morgan fingerprint density at radius 1 is 0.868 bits per heavy atom. The van der Waals surface area contributed by atoms with Gasteiger partial charge in [-0.15, -0.1) is 0 Å². The maximum Gasteiger partial charge on any atom is 0.0656 e. The predicted octanol–water partition coefficient (Wildman–Crippen LogP) is 8.84. The highest BCUT2D eigenvalue weighted by molar-refractivity contribution is 5.18. The molecule has 15 atom stereocenters. The number of hydrogen-bond donors (Lipinski definition) is 2. The van der Waals surface area contributed by atoms with Crippen LogP contribution >= 0.6 is 0 Å². The predicted molar refractivity (Wildman–Crippen MR) is 159 cm³/mol. The summed E-state index contributed by atoms with van der Waals surface area (Å²) in [7, 11) is 0. The van der Waals surface area contributed by atoms with Crippen LogP contribution in [0.1, 0.15) is 127 Å². The van der Waals surface area contributed by atoms with Crippen LogP contribution < -0.4 is 0 Å². The maximum atomic E-state index is 12.1. The standard InChI is InChI=1S/C36H64O2/c1-11-26-16-28(27-14-12-20(2)13-15-27)29-18-34(8)19-35(9)17-21(3)30(25(7)37)33(38)36(35,10)24(6)32(34)23(5)31(29)22(26)4/h20-33,37-38H,11-19H2,1-10H3. The minimum Gasteiger partial charge on any atom is -0.393 e. The van der Waals surface area contributed by atoms with E-state index in [-0.39, 0.29) is 16.7 Å². The summed E-state index contributed by atoms with van der Waals surface area (Å²) in [5.74, 6) is 8.42. The summed E-state index contributed by atoms with van der Waals surface area (Å²) in [6.45, 7) is 24.6. The molecule has 15 unspecified atom stereocenters. The van der Waals surface area contributed by atoms with Gasteiger partial charge in [0.15, 0.2) is 0 Å². The molecule has 5 fully saturated rings. The van der Waals surface area contributed by atoms with E-state index in [1.54, 1.807) is 0 Å². The van der Waals surface area contributed by atoms with Gasteiger partial charge in [0.25, 0.3) is 0 Å². The highest BCUT2D eigenvalue weighted by Gasteiger charge is 2.70. The van der Waals surface area contributed by atoms with Crippen molar-refractivity contribution in [1.82, 2.24) is 0 Å². The van der Waals surface area contributed by atoms with Gasteiger partial charge in [0.05, 0.1) is 12.2 Å². The van der Waals surface area contributed by atoms with E-state index in [0.717, 1.165) is 47.8 Å². The van der Waals surface area contributed by atoms with Gasteiger partial charge in [-0.1, -0.05) is 81.6 Å². The first-order chi connectivity index (χ1) is 17.7. The van der Waals surface area contributed by atoms with E-state index in [1.165, 1.54) is 51.4 Å². The van der Waals surface area contributed by atoms with Crippen molar-refractivity contribution in [1.29, 1.82) is 0 Å². The molecule has 0 aromatic rings. The smallest absolute Gasteiger partial charge is 0.0656 e. The summed E-state index contributed by atoms with van der Waals surface area (Å²) in [5.41, 5.74) is 0.328. The van der Waals surface area contributed by atoms with Crippen LogP contribution in [0.3, 0.4) is 0 Å². The van der Waals surface area contributed by atoms with Crippen molar-refractivity contribution < 1.29 is 10.2 Å². The largest absolute Gasteiger partial charge is 0.393 e. The molecule has 5 aliphatic carbocycles. The number of aliphatic hydroxyl groups excluding tert-OH is 2. The van der Waals surface area contributed by atoms with Gasteiger partial charge in [-0.2, -0.15) is 0 Å². The topological polar surface area (TPSA) is 40.5 Å². The first-order valence-corrected chi connectivity index (χ1v) is 17.1. The van der Waals surface area contributed by atoms with E-state index in [4.69, 9.17) is 0 Å². The molecule has 0 amide bonds. The molecular weight excluding hydrogens is 464 g/mol. The van der Waals surface area contributed by atoms with Gasteiger partial charge in [-0.3, -0.25) is 0 Å². The summed E-state index contributed by atoms with van der Waals surface area (Å²) in [5, 5.41) is 22.9. The van der Waals surface area contributed by atoms with Crippen molar-refractivity contribution in [2.75, 3.05) is 0 Å². The van der Waals surface area contributed by atoms with Crippen LogP contribution in [0.15, 0.2) is 0 Å². The van der Waals surface area contributed by atoms with Crippen molar-refractivity contribution in [3.63, 3.8) is 0 Å². The molecule has 0 bridgehead atoms. The third kappa shape index (κ3) is 4.14. The SMILES string of the molecule is CCC1CC(C2CCC(C)CC2)C2CC3(C)CC4(C)CC(C)C(C(C)O)C(O)C4(C)C(C)C3C(C)C2C1C. The zero-order valence-electron chi connectivity index (χ0n) is 26.8. The molecule has 0 saturated heterocycles. The average molecular weight is 529 g/mol. The lowest BCUT2D eigenvalue weighted by atomic mass is 9.32. The molecule has 0 heterocycles. The molecule has 0 aromatic carbocycles. The Morgan fingerprint density at radius 2 is 1.50 bits per heavy atom. The van der Waals surface area contributed by atoms with Gasteiger partial charge < -0.3 is 10.2 Å². The first kappa shape index (κ1) is 29.4. The normalized spacial score (nSPS) is 59.8. The zero-order chi connectivity index (χ0) is 27.9. The third-order valence-electron chi connectivity index (χ3n) is 15.4. The molecule has 2 nitrogen and oxygen atoms in total. The Morgan fingerprint density at radius 3 is 2.08 bits per heavy atom. The molecule has 220 valence electrons. The van der Waals surface area contributed by atoms with Crippen LogP contribution in [0.4, 0.5) is 0 Å². The molecule has 0 aliphatic heterocycles. The number of aliphatic hydroxyl groups is 2. The Balaban J connectivity index is 1.53. The fraction of sp³-hybridized carbons (Fsp3) is 1.00. The minimum absolute atomic E-state index is 0.0114. The van der Waals surface area contributed by atoms with Crippen molar-refractivity contribution in [3.8, 4) is 0 Å². The fourth-order valence-corrected chi connectivity index (χ4v) is 13.7. The fourth-order valence-electron chi connectivity index (χ4n) is 13.7. The van der Waals surface area contributed by atoms with E-state index in [9.17, 15) is 10.2 Å². The van der Waals surface area contributed by atoms with Gasteiger partial charge in [-0.05, 0) is 121 Å². The summed E-state index contributed by atoms with van der Waals surface area (Å²) < 4.78 is 0. The lowest BCUT2D eigenvalue weighted by molar-refractivity contribution is -0.272. The summed E-state index contributed by atoms with van der Waals surface area (Å²) in [6.07, 6.45) is 11.6. The van der Waals surface area contributed by atoms with Crippen LogP contribution in [-0.4, -0.2) is 22.4 Å². The molecule has 0 spiro atoms. The van der Waals surface area contributed by atoms with Gasteiger partial charge >= 0.3 is 0 Å². The highest BCUT2D eigenvalue weighted by Crippen LogP contribution is 2.74. The van der Waals surface area contributed by atoms with E-state index < -0.39 is 12.2 Å². The van der Waals surface area contributed by atoms with Gasteiger partial charge in [0, 0.05) is 11.3 Å². The van der Waals surface area contributed by atoms with Gasteiger partial charge in [-0.25, -0.2) is 0 Å². The van der Waals surface area contributed by atoms with Crippen LogP contribution in [0.5, 0.6) is 0 Å². The van der Waals surface area contributed by atoms with E-state index in [1.807, 2.05) is 6.92 Å². The van der Waals surface area contributed by atoms with Gasteiger partial charge in [0.2, 0.25) is 0 Å². The van der Waals surface area contributed by atoms with E-state index >= 15 is 0 Å². The van der Waals surface area contributed by atoms with Crippen LogP contribution in [0.2, 0.25) is 0 Å². The van der Waals surface area contributed by atoms with E-state index in [2.05, 4.69) is 62.3 Å². The first-order valence-electron chi connectivity index (χ1n) is 17.1. The Kier molecular flexibility index (Phi) is 7.76. The maximum absolute atomic E-state index is 12.1. The second-order valence-electron chi connectivity index (χ2n) is 17.2. The average Bonchev–Trinajstić information content (AvgIpc) is 2.82. The molecular formula is C36H64O2. The van der Waals surface area contributed by atoms with Crippen LogP contribution in [0.25, 0.3) is 0 Å². The lowest BCUT2D eigenvalue weighted by Crippen LogP contribution is -2.69. The van der Waals surface area contributed by atoms with Crippen molar-refractivity contribution in [2.24, 2.45) is 87.3 Å². The minimum atomic E-state index is -0.447. The summed E-state index contributed by atoms with van der Waals surface area (Å²) >= 11 is 0. The Hall–Kier alpha value is -0.0800. The van der Waals surface area contributed by atoms with Crippen molar-refractivity contribution in [2.45, 2.75) is 139 Å². The second-order valence-corrected chi connectivity index (χ2v) is 17.2. The third-order valence-corrected chi connectivity index (χ3v) is 15.4. The molecule has 0 aromatic heterocycles. The highest BCUT2D eigenvalue weighted by atomic mass is 16.3. The molecule has 5 rings (SSSR count). The van der Waals surface area contributed by atoms with Crippen molar-refractivity contribution in [3.05, 3.63) is 0 Å². The van der Waals surface area contributed by atoms with Crippen molar-refractivity contribution >= 4 is 0 Å². The summed E-state index contributed by atoms with van der Waals surface area (Å²) in [4.78, 5) is 0. The molecule has 2 heteroatoms. The quantitative estimate of drug-likeness (QED) is 0.384. The molecule has 5 aliphatic rings. The summed E-state index contributed by atoms with van der Waals surface area (Å²) in [6, 6.07) is 0. The monoisotopic (exact) mass is 528 g/mol. The Bertz CT molecular complexity index is 844. The number of rotatable bonds is 3. The molecule has 38 heavy (non-hydrogen) atoms.